The fraction of sp³-hybridized carbons (Fsp3) is 0. The van der Waals surface area contributed by atoms with Gasteiger partial charge in [-0.25, -0.2) is 0 Å². The number of rotatable bonds is 4. The summed E-state index contributed by atoms with van der Waals surface area (Å²) < 4.78 is 5.80. The molecule has 26 heavy (non-hydrogen) atoms. The zero-order valence-corrected chi connectivity index (χ0v) is 13.5. The zero-order valence-electron chi connectivity index (χ0n) is 13.5. The maximum atomic E-state index is 13.0. The molecule has 2 heterocycles. The van der Waals surface area contributed by atoms with Crippen LogP contribution in [0.5, 0.6) is 0 Å². The number of nitro benzene ring substituents is 1. The number of fused-ring (bicyclic) bond motifs is 1. The fourth-order valence-electron chi connectivity index (χ4n) is 2.83. The van der Waals surface area contributed by atoms with Gasteiger partial charge in [-0.1, -0.05) is 30.3 Å². The number of hydrogen-bond acceptors (Lipinski definition) is 5. The number of nitro groups is 1. The van der Waals surface area contributed by atoms with Crippen LogP contribution in [0.3, 0.4) is 0 Å². The Labute approximate surface area is 147 Å². The summed E-state index contributed by atoms with van der Waals surface area (Å²) in [5, 5.41) is 10.9. The van der Waals surface area contributed by atoms with Crippen molar-refractivity contribution < 1.29 is 14.1 Å². The Kier molecular flexibility index (Phi) is 3.78. The second-order valence-corrected chi connectivity index (χ2v) is 5.66. The van der Waals surface area contributed by atoms with E-state index in [0.29, 0.717) is 27.8 Å². The Bertz CT molecular complexity index is 1120. The molecule has 6 nitrogen and oxygen atoms in total. The van der Waals surface area contributed by atoms with E-state index in [-0.39, 0.29) is 17.2 Å². The summed E-state index contributed by atoms with van der Waals surface area (Å²) in [4.78, 5) is 27.7. The molecule has 4 rings (SSSR count). The van der Waals surface area contributed by atoms with E-state index in [0.717, 1.165) is 0 Å². The summed E-state index contributed by atoms with van der Waals surface area (Å²) in [6.45, 7) is 0. The number of benzene rings is 2. The van der Waals surface area contributed by atoms with Gasteiger partial charge in [-0.3, -0.25) is 19.9 Å². The second kappa shape index (κ2) is 6.25. The monoisotopic (exact) mass is 344 g/mol. The molecule has 0 spiro atoms. The SMILES string of the molecule is O=C(c1ccccc1)c1oc2cccnc2c1-c1ccc([N+](=O)[O-])cc1. The Balaban J connectivity index is 1.92. The number of aromatic nitrogens is 1. The highest BCUT2D eigenvalue weighted by Crippen LogP contribution is 2.35. The van der Waals surface area contributed by atoms with E-state index in [4.69, 9.17) is 4.42 Å². The van der Waals surface area contributed by atoms with Crippen LogP contribution in [0.25, 0.3) is 22.2 Å². The molecule has 0 radical (unpaired) electrons. The van der Waals surface area contributed by atoms with Gasteiger partial charge in [-0.15, -0.1) is 0 Å². The number of nitrogens with zero attached hydrogens (tertiary/aromatic N) is 2. The molecule has 0 atom stereocenters. The van der Waals surface area contributed by atoms with Crippen LogP contribution in [-0.2, 0) is 0 Å². The summed E-state index contributed by atoms with van der Waals surface area (Å²) in [6.07, 6.45) is 1.61. The summed E-state index contributed by atoms with van der Waals surface area (Å²) >= 11 is 0. The van der Waals surface area contributed by atoms with Crippen molar-refractivity contribution in [3.63, 3.8) is 0 Å². The maximum absolute atomic E-state index is 13.0. The first kappa shape index (κ1) is 15.7. The second-order valence-electron chi connectivity index (χ2n) is 5.66. The van der Waals surface area contributed by atoms with Crippen LogP contribution in [0.15, 0.2) is 77.3 Å². The van der Waals surface area contributed by atoms with Gasteiger partial charge in [0.25, 0.3) is 5.69 Å². The molecule has 6 heteroatoms. The largest absolute Gasteiger partial charge is 0.450 e. The number of non-ortho nitro benzene ring substituents is 1. The zero-order chi connectivity index (χ0) is 18.1. The fourth-order valence-corrected chi connectivity index (χ4v) is 2.83. The van der Waals surface area contributed by atoms with Gasteiger partial charge in [-0.2, -0.15) is 0 Å². The molecule has 0 bridgehead atoms. The first-order chi connectivity index (χ1) is 12.6. The van der Waals surface area contributed by atoms with E-state index in [2.05, 4.69) is 4.98 Å². The number of carbonyl (C=O) groups is 1. The van der Waals surface area contributed by atoms with Crippen molar-refractivity contribution in [3.8, 4) is 11.1 Å². The van der Waals surface area contributed by atoms with E-state index in [1.807, 2.05) is 6.07 Å². The maximum Gasteiger partial charge on any atom is 0.269 e. The van der Waals surface area contributed by atoms with Crippen LogP contribution < -0.4 is 0 Å². The van der Waals surface area contributed by atoms with Crippen molar-refractivity contribution >= 4 is 22.6 Å². The lowest BCUT2D eigenvalue weighted by atomic mass is 9.99. The van der Waals surface area contributed by atoms with Gasteiger partial charge in [-0.05, 0) is 29.8 Å². The Morgan fingerprint density at radius 1 is 0.962 bits per heavy atom. The molecule has 2 aromatic heterocycles. The average Bonchev–Trinajstić information content (AvgIpc) is 3.07. The molecular formula is C20H12N2O4. The van der Waals surface area contributed by atoms with Crippen molar-refractivity contribution in [2.24, 2.45) is 0 Å². The van der Waals surface area contributed by atoms with Gasteiger partial charge in [0.05, 0.1) is 10.5 Å². The third-order valence-electron chi connectivity index (χ3n) is 4.06. The third kappa shape index (κ3) is 2.63. The van der Waals surface area contributed by atoms with E-state index < -0.39 is 4.92 Å². The van der Waals surface area contributed by atoms with Crippen molar-refractivity contribution in [2.75, 3.05) is 0 Å². The highest BCUT2D eigenvalue weighted by atomic mass is 16.6. The minimum absolute atomic E-state index is 0.0227. The average molecular weight is 344 g/mol. The molecule has 0 aliphatic carbocycles. The van der Waals surface area contributed by atoms with E-state index in [9.17, 15) is 14.9 Å². The minimum atomic E-state index is -0.467. The summed E-state index contributed by atoms with van der Waals surface area (Å²) in [7, 11) is 0. The Morgan fingerprint density at radius 3 is 2.38 bits per heavy atom. The molecule has 0 fully saturated rings. The summed E-state index contributed by atoms with van der Waals surface area (Å²) in [6, 6.07) is 18.2. The molecule has 0 aliphatic heterocycles. The predicted molar refractivity (Wildman–Crippen MR) is 96.0 cm³/mol. The van der Waals surface area contributed by atoms with Gasteiger partial charge >= 0.3 is 0 Å². The van der Waals surface area contributed by atoms with Crippen LogP contribution >= 0.6 is 0 Å². The molecule has 0 saturated heterocycles. The number of furan rings is 1. The third-order valence-corrected chi connectivity index (χ3v) is 4.06. The number of pyridine rings is 1. The van der Waals surface area contributed by atoms with Crippen molar-refractivity contribution in [2.45, 2.75) is 0 Å². The first-order valence-electron chi connectivity index (χ1n) is 7.87. The highest BCUT2D eigenvalue weighted by molar-refractivity contribution is 6.15. The van der Waals surface area contributed by atoms with E-state index >= 15 is 0 Å². The first-order valence-corrected chi connectivity index (χ1v) is 7.87. The number of ketones is 1. The molecule has 0 N–H and O–H groups in total. The minimum Gasteiger partial charge on any atom is -0.450 e. The normalized spacial score (nSPS) is 10.8. The highest BCUT2D eigenvalue weighted by Gasteiger charge is 2.24. The molecular weight excluding hydrogens is 332 g/mol. The van der Waals surface area contributed by atoms with Crippen LogP contribution in [0, 0.1) is 10.1 Å². The van der Waals surface area contributed by atoms with Gasteiger partial charge in [0.1, 0.15) is 5.52 Å². The number of hydrogen-bond donors (Lipinski definition) is 0. The summed E-state index contributed by atoms with van der Waals surface area (Å²) in [5.74, 6) is -0.101. The Hall–Kier alpha value is -3.80. The van der Waals surface area contributed by atoms with Crippen molar-refractivity contribution in [1.29, 1.82) is 0 Å². The standard InChI is InChI=1S/C20H12N2O4/c23-19(14-5-2-1-3-6-14)20-17(18-16(26-20)7-4-12-21-18)13-8-10-15(11-9-13)22(24)25/h1-12H. The van der Waals surface area contributed by atoms with Crippen molar-refractivity contribution in [1.82, 2.24) is 4.98 Å². The Morgan fingerprint density at radius 2 is 1.69 bits per heavy atom. The molecule has 126 valence electrons. The molecule has 2 aromatic carbocycles. The van der Waals surface area contributed by atoms with E-state index in [1.165, 1.54) is 12.1 Å². The number of carbonyl (C=O) groups excluding carboxylic acids is 1. The topological polar surface area (TPSA) is 86.2 Å². The quantitative estimate of drug-likeness (QED) is 0.306. The summed E-state index contributed by atoms with van der Waals surface area (Å²) in [5.41, 5.74) is 2.66. The molecule has 0 amide bonds. The smallest absolute Gasteiger partial charge is 0.269 e. The molecule has 0 aliphatic rings. The van der Waals surface area contributed by atoms with E-state index in [1.54, 1.807) is 54.7 Å². The lowest BCUT2D eigenvalue weighted by molar-refractivity contribution is -0.384. The van der Waals surface area contributed by atoms with Gasteiger partial charge < -0.3 is 4.42 Å². The van der Waals surface area contributed by atoms with Gasteiger partial charge in [0, 0.05) is 23.9 Å². The lowest BCUT2D eigenvalue weighted by Gasteiger charge is -2.03. The molecule has 0 saturated carbocycles. The van der Waals surface area contributed by atoms with Crippen LogP contribution in [-0.4, -0.2) is 15.7 Å². The van der Waals surface area contributed by atoms with Gasteiger partial charge in [0.15, 0.2) is 11.3 Å². The molecule has 0 unspecified atom stereocenters. The van der Waals surface area contributed by atoms with Gasteiger partial charge in [0.2, 0.25) is 5.78 Å². The van der Waals surface area contributed by atoms with Crippen molar-refractivity contribution in [3.05, 3.63) is 94.4 Å². The predicted octanol–water partition coefficient (Wildman–Crippen LogP) is 4.63. The van der Waals surface area contributed by atoms with Crippen LogP contribution in [0.2, 0.25) is 0 Å². The lowest BCUT2D eigenvalue weighted by Crippen LogP contribution is -2.01. The molecule has 4 aromatic rings. The van der Waals surface area contributed by atoms with Crippen LogP contribution in [0.4, 0.5) is 5.69 Å². The van der Waals surface area contributed by atoms with Crippen LogP contribution in [0.1, 0.15) is 16.1 Å².